The van der Waals surface area contributed by atoms with E-state index in [1.807, 2.05) is 0 Å². The van der Waals surface area contributed by atoms with Gasteiger partial charge in [-0.2, -0.15) is 5.26 Å². The molecule has 0 aliphatic heterocycles. The largest absolute Gasteiger partial charge is 0.198 e. The summed E-state index contributed by atoms with van der Waals surface area (Å²) in [7, 11) is 0. The van der Waals surface area contributed by atoms with Crippen molar-refractivity contribution in [3.8, 4) is 6.07 Å². The van der Waals surface area contributed by atoms with E-state index in [2.05, 4.69) is 37.3 Å². The Morgan fingerprint density at radius 3 is 2.20 bits per heavy atom. The van der Waals surface area contributed by atoms with Crippen molar-refractivity contribution in [2.75, 3.05) is 0 Å². The van der Waals surface area contributed by atoms with Crippen LogP contribution in [0.3, 0.4) is 0 Å². The van der Waals surface area contributed by atoms with Gasteiger partial charge in [-0.15, -0.1) is 0 Å². The van der Waals surface area contributed by atoms with E-state index < -0.39 is 0 Å². The van der Waals surface area contributed by atoms with Crippen molar-refractivity contribution in [1.29, 1.82) is 5.26 Å². The minimum absolute atomic E-state index is 0.121. The third-order valence-electron chi connectivity index (χ3n) is 6.20. The van der Waals surface area contributed by atoms with Gasteiger partial charge in [0.25, 0.3) is 0 Å². The molecule has 4 aliphatic carbocycles. The molecule has 20 heavy (non-hydrogen) atoms. The van der Waals surface area contributed by atoms with Gasteiger partial charge in [0.2, 0.25) is 0 Å². The Morgan fingerprint density at radius 2 is 1.70 bits per heavy atom. The van der Waals surface area contributed by atoms with Crippen LogP contribution in [0.5, 0.6) is 0 Å². The Balaban J connectivity index is 1.73. The summed E-state index contributed by atoms with van der Waals surface area (Å²) in [6, 6.07) is 11.4. The minimum Gasteiger partial charge on any atom is -0.198 e. The standard InChI is InChI=1S/C19H23N/c1-13-3-2-4-17(5-13)18(12-20)19-9-14-6-15(10-19)8-16(7-14)11-19/h2-5,14-16,18H,6-11H2,1H3. The molecule has 0 spiro atoms. The first-order chi connectivity index (χ1) is 9.68. The molecule has 0 N–H and O–H groups in total. The van der Waals surface area contributed by atoms with Gasteiger partial charge in [-0.05, 0) is 74.2 Å². The first-order valence-corrected chi connectivity index (χ1v) is 8.15. The van der Waals surface area contributed by atoms with Crippen molar-refractivity contribution in [3.63, 3.8) is 0 Å². The number of benzene rings is 1. The lowest BCUT2D eigenvalue weighted by atomic mass is 9.46. The Hall–Kier alpha value is -1.29. The molecule has 0 saturated heterocycles. The maximum Gasteiger partial charge on any atom is 0.0769 e. The van der Waals surface area contributed by atoms with Crippen molar-refractivity contribution >= 4 is 0 Å². The highest BCUT2D eigenvalue weighted by Gasteiger charge is 2.54. The molecule has 1 nitrogen and oxygen atoms in total. The van der Waals surface area contributed by atoms with E-state index >= 15 is 0 Å². The van der Waals surface area contributed by atoms with E-state index in [9.17, 15) is 5.26 Å². The van der Waals surface area contributed by atoms with Crippen LogP contribution in [0.2, 0.25) is 0 Å². The molecule has 0 heterocycles. The first-order valence-electron chi connectivity index (χ1n) is 8.15. The van der Waals surface area contributed by atoms with Gasteiger partial charge in [0, 0.05) is 0 Å². The number of hydrogen-bond donors (Lipinski definition) is 0. The number of aryl methyl sites for hydroxylation is 1. The molecule has 4 aliphatic rings. The summed E-state index contributed by atoms with van der Waals surface area (Å²) in [5.74, 6) is 2.88. The number of nitriles is 1. The van der Waals surface area contributed by atoms with Gasteiger partial charge < -0.3 is 0 Å². The maximum atomic E-state index is 9.88. The molecule has 1 aromatic carbocycles. The summed E-state index contributed by atoms with van der Waals surface area (Å²) in [5.41, 5.74) is 2.86. The summed E-state index contributed by atoms with van der Waals surface area (Å²) < 4.78 is 0. The monoisotopic (exact) mass is 265 g/mol. The summed E-state index contributed by atoms with van der Waals surface area (Å²) in [6.45, 7) is 2.14. The zero-order valence-electron chi connectivity index (χ0n) is 12.3. The van der Waals surface area contributed by atoms with Crippen LogP contribution in [0, 0.1) is 41.4 Å². The van der Waals surface area contributed by atoms with E-state index in [1.165, 1.54) is 49.7 Å². The molecule has 0 amide bonds. The molecule has 5 rings (SSSR count). The second kappa shape index (κ2) is 4.35. The lowest BCUT2D eigenvalue weighted by Crippen LogP contribution is -2.48. The van der Waals surface area contributed by atoms with Crippen molar-refractivity contribution in [1.82, 2.24) is 0 Å². The highest BCUT2D eigenvalue weighted by molar-refractivity contribution is 5.32. The number of nitrogens with zero attached hydrogens (tertiary/aromatic N) is 1. The van der Waals surface area contributed by atoms with Crippen LogP contribution < -0.4 is 0 Å². The quantitative estimate of drug-likeness (QED) is 0.752. The Kier molecular flexibility index (Phi) is 2.71. The lowest BCUT2D eigenvalue weighted by molar-refractivity contribution is -0.0594. The molecular weight excluding hydrogens is 242 g/mol. The fraction of sp³-hybridized carbons (Fsp3) is 0.632. The highest BCUT2D eigenvalue weighted by atomic mass is 14.6. The lowest BCUT2D eigenvalue weighted by Gasteiger charge is -2.58. The van der Waals surface area contributed by atoms with Crippen molar-refractivity contribution in [2.45, 2.75) is 51.4 Å². The van der Waals surface area contributed by atoms with Crippen LogP contribution in [-0.4, -0.2) is 0 Å². The van der Waals surface area contributed by atoms with Crippen LogP contribution >= 0.6 is 0 Å². The minimum atomic E-state index is 0.121. The predicted molar refractivity (Wildman–Crippen MR) is 80.1 cm³/mol. The normalized spacial score (nSPS) is 39.5. The topological polar surface area (TPSA) is 23.8 Å². The average molecular weight is 265 g/mol. The van der Waals surface area contributed by atoms with E-state index in [0.29, 0.717) is 5.41 Å². The van der Waals surface area contributed by atoms with Gasteiger partial charge >= 0.3 is 0 Å². The number of rotatable bonds is 2. The van der Waals surface area contributed by atoms with E-state index in [4.69, 9.17) is 0 Å². The molecule has 104 valence electrons. The fourth-order valence-electron chi connectivity index (χ4n) is 5.95. The second-order valence-electron chi connectivity index (χ2n) is 7.76. The zero-order chi connectivity index (χ0) is 13.7. The number of hydrogen-bond acceptors (Lipinski definition) is 1. The molecule has 1 heteroatoms. The van der Waals surface area contributed by atoms with Crippen molar-refractivity contribution in [2.24, 2.45) is 23.2 Å². The van der Waals surface area contributed by atoms with Gasteiger partial charge in [-0.25, -0.2) is 0 Å². The van der Waals surface area contributed by atoms with Crippen LogP contribution in [0.25, 0.3) is 0 Å². The maximum absolute atomic E-state index is 9.88. The first kappa shape index (κ1) is 12.5. The molecule has 1 atom stereocenters. The van der Waals surface area contributed by atoms with Crippen LogP contribution in [0.15, 0.2) is 24.3 Å². The van der Waals surface area contributed by atoms with E-state index in [1.54, 1.807) is 0 Å². The SMILES string of the molecule is Cc1cccc(C(C#N)C23CC4CC(CC(C4)C2)C3)c1. The summed E-state index contributed by atoms with van der Waals surface area (Å²) in [5, 5.41) is 9.88. The van der Waals surface area contributed by atoms with Gasteiger partial charge in [0.05, 0.1) is 12.0 Å². The zero-order valence-corrected chi connectivity index (χ0v) is 12.3. The van der Waals surface area contributed by atoms with Crippen molar-refractivity contribution < 1.29 is 0 Å². The van der Waals surface area contributed by atoms with Gasteiger partial charge in [0.15, 0.2) is 0 Å². The van der Waals surface area contributed by atoms with Gasteiger partial charge in [-0.3, -0.25) is 0 Å². The van der Waals surface area contributed by atoms with Crippen LogP contribution in [0.4, 0.5) is 0 Å². The van der Waals surface area contributed by atoms with Gasteiger partial charge in [0.1, 0.15) is 0 Å². The molecule has 1 unspecified atom stereocenters. The van der Waals surface area contributed by atoms with Crippen molar-refractivity contribution in [3.05, 3.63) is 35.4 Å². The predicted octanol–water partition coefficient (Wildman–Crippen LogP) is 4.82. The summed E-state index contributed by atoms with van der Waals surface area (Å²) in [4.78, 5) is 0. The molecule has 1 aromatic rings. The fourth-order valence-corrected chi connectivity index (χ4v) is 5.95. The van der Waals surface area contributed by atoms with Crippen LogP contribution in [-0.2, 0) is 0 Å². The smallest absolute Gasteiger partial charge is 0.0769 e. The summed E-state index contributed by atoms with van der Waals surface area (Å²) in [6.07, 6.45) is 8.28. The Bertz CT molecular complexity index is 530. The van der Waals surface area contributed by atoms with Gasteiger partial charge in [-0.1, -0.05) is 29.8 Å². The third kappa shape index (κ3) is 1.81. The Morgan fingerprint density at radius 1 is 1.10 bits per heavy atom. The summed E-state index contributed by atoms with van der Waals surface area (Å²) >= 11 is 0. The second-order valence-corrected chi connectivity index (χ2v) is 7.76. The van der Waals surface area contributed by atoms with Crippen LogP contribution in [0.1, 0.15) is 55.6 Å². The molecule has 0 radical (unpaired) electrons. The van der Waals surface area contributed by atoms with E-state index in [0.717, 1.165) is 17.8 Å². The molecule has 0 aromatic heterocycles. The Labute approximate surface area is 122 Å². The third-order valence-corrected chi connectivity index (χ3v) is 6.20. The molecule has 4 saturated carbocycles. The molecule has 4 fully saturated rings. The average Bonchev–Trinajstić information content (AvgIpc) is 2.37. The highest BCUT2D eigenvalue weighted by Crippen LogP contribution is 2.64. The molecular formula is C19H23N. The molecule has 4 bridgehead atoms. The van der Waals surface area contributed by atoms with E-state index in [-0.39, 0.29) is 5.92 Å².